The van der Waals surface area contributed by atoms with E-state index in [1.807, 2.05) is 47.0 Å². The van der Waals surface area contributed by atoms with E-state index in [0.29, 0.717) is 42.1 Å². The van der Waals surface area contributed by atoms with Crippen LogP contribution in [0.3, 0.4) is 0 Å². The van der Waals surface area contributed by atoms with E-state index in [1.165, 1.54) is 18.5 Å². The van der Waals surface area contributed by atoms with E-state index in [0.717, 1.165) is 46.6 Å². The minimum atomic E-state index is -0.658. The first-order valence-electron chi connectivity index (χ1n) is 15.3. The highest BCUT2D eigenvalue weighted by Crippen LogP contribution is 2.36. The van der Waals surface area contributed by atoms with Gasteiger partial charge in [-0.2, -0.15) is 10.2 Å². The first-order chi connectivity index (χ1) is 22.4. The molecule has 0 unspecified atom stereocenters. The average molecular weight is 621 g/mol. The molecule has 8 rings (SSSR count). The van der Waals surface area contributed by atoms with E-state index in [-0.39, 0.29) is 24.1 Å². The summed E-state index contributed by atoms with van der Waals surface area (Å²) in [5.41, 5.74) is 4.94. The molecule has 46 heavy (non-hydrogen) atoms. The molecule has 3 aromatic carbocycles. The molecule has 4 bridgehead atoms. The molecule has 10 nitrogen and oxygen atoms in total. The third kappa shape index (κ3) is 4.90. The molecule has 2 atom stereocenters. The van der Waals surface area contributed by atoms with Crippen molar-refractivity contribution >= 4 is 33.7 Å². The van der Waals surface area contributed by atoms with Crippen molar-refractivity contribution in [1.29, 1.82) is 0 Å². The number of hydrogen-bond acceptors (Lipinski definition) is 7. The SMILES string of the molecule is Cn1nc2cccc3c2c1CCCNC(=O)[C@@H]1C[C@@H](CN1c1ncnc2c1cnn2Cc1ccc(F)cc1F)Oc1cccc-3c1. The van der Waals surface area contributed by atoms with E-state index in [9.17, 15) is 13.6 Å². The third-order valence-corrected chi connectivity index (χ3v) is 8.90. The van der Waals surface area contributed by atoms with Crippen molar-refractivity contribution in [2.45, 2.75) is 38.0 Å². The van der Waals surface area contributed by atoms with Gasteiger partial charge >= 0.3 is 0 Å². The van der Waals surface area contributed by atoms with Gasteiger partial charge in [0.05, 0.1) is 30.2 Å². The van der Waals surface area contributed by atoms with Crippen molar-refractivity contribution in [1.82, 2.24) is 34.8 Å². The molecule has 0 radical (unpaired) electrons. The summed E-state index contributed by atoms with van der Waals surface area (Å²) in [5.74, 6) is -0.160. The van der Waals surface area contributed by atoms with Gasteiger partial charge in [-0.3, -0.25) is 9.48 Å². The molecule has 6 aromatic rings. The number of nitrogens with one attached hydrogen (secondary N) is 1. The second-order valence-corrected chi connectivity index (χ2v) is 11.8. The summed E-state index contributed by atoms with van der Waals surface area (Å²) < 4.78 is 38.0. The Morgan fingerprint density at radius 2 is 1.96 bits per heavy atom. The molecule has 5 heterocycles. The molecule has 0 spiro atoms. The molecule has 0 saturated carbocycles. The van der Waals surface area contributed by atoms with E-state index in [4.69, 9.17) is 9.84 Å². The lowest BCUT2D eigenvalue weighted by molar-refractivity contribution is -0.122. The number of amides is 1. The Kier molecular flexibility index (Phi) is 6.84. The van der Waals surface area contributed by atoms with Crippen molar-refractivity contribution in [2.24, 2.45) is 7.05 Å². The van der Waals surface area contributed by atoms with Gasteiger partial charge in [0.15, 0.2) is 5.65 Å². The fourth-order valence-electron chi connectivity index (χ4n) is 6.75. The van der Waals surface area contributed by atoms with Crippen LogP contribution in [0.5, 0.6) is 5.75 Å². The lowest BCUT2D eigenvalue weighted by atomic mass is 9.98. The van der Waals surface area contributed by atoms with Gasteiger partial charge in [0.1, 0.15) is 41.7 Å². The Hall–Kier alpha value is -5.39. The summed E-state index contributed by atoms with van der Waals surface area (Å²) in [5, 5.41) is 14.1. The standard InChI is InChI=1S/C34H30F2N8O2/c1-42-29-9-4-12-37-34(45)30-15-24(46-23-6-2-5-20(13-23)25-7-3-8-28(41-42)31(25)29)18-43(30)32-26-16-40-44(33(26)39-19-38-32)17-21-10-11-22(35)14-27(21)36/h2-3,5-8,10-11,13-14,16,19,24,30H,4,9,12,15,17-18H2,1H3,(H,37,45)/t24-,30-/m0/s1. The minimum absolute atomic E-state index is 0.0597. The Bertz CT molecular complexity index is 2130. The topological polar surface area (TPSA) is 103 Å². The smallest absolute Gasteiger partial charge is 0.242 e. The molecular formula is C34H30F2N8O2. The van der Waals surface area contributed by atoms with Crippen molar-refractivity contribution < 1.29 is 18.3 Å². The number of aromatic nitrogens is 6. The van der Waals surface area contributed by atoms with Gasteiger partial charge in [0.25, 0.3) is 0 Å². The fraction of sp³-hybridized carbons (Fsp3) is 0.265. The van der Waals surface area contributed by atoms with Crippen LogP contribution in [0.2, 0.25) is 0 Å². The van der Waals surface area contributed by atoms with Crippen molar-refractivity contribution in [2.75, 3.05) is 18.0 Å². The number of carbonyl (C=O) groups excluding carboxylic acids is 1. The molecule has 1 N–H and O–H groups in total. The summed E-state index contributed by atoms with van der Waals surface area (Å²) in [4.78, 5) is 24.7. The molecule has 2 aliphatic heterocycles. The van der Waals surface area contributed by atoms with Crippen LogP contribution < -0.4 is 15.0 Å². The largest absolute Gasteiger partial charge is 0.488 e. The molecule has 3 aromatic heterocycles. The zero-order valence-electron chi connectivity index (χ0n) is 25.0. The maximum absolute atomic E-state index is 14.5. The second kappa shape index (κ2) is 11.2. The zero-order valence-corrected chi connectivity index (χ0v) is 25.0. The number of carbonyl (C=O) groups is 1. The normalized spacial score (nSPS) is 18.3. The van der Waals surface area contributed by atoms with Crippen molar-refractivity contribution in [3.63, 3.8) is 0 Å². The number of rotatable bonds is 3. The minimum Gasteiger partial charge on any atom is -0.488 e. The van der Waals surface area contributed by atoms with Crippen molar-refractivity contribution in [3.05, 3.63) is 96.1 Å². The number of fused-ring (bicyclic) bond motifs is 6. The number of hydrogen-bond donors (Lipinski definition) is 1. The van der Waals surface area contributed by atoms with Crippen LogP contribution in [0.25, 0.3) is 33.1 Å². The predicted octanol–water partition coefficient (Wildman–Crippen LogP) is 4.80. The van der Waals surface area contributed by atoms with Gasteiger partial charge in [0.2, 0.25) is 5.91 Å². The monoisotopic (exact) mass is 620 g/mol. The van der Waals surface area contributed by atoms with Crippen LogP contribution >= 0.6 is 0 Å². The van der Waals surface area contributed by atoms with Gasteiger partial charge in [-0.15, -0.1) is 0 Å². The Balaban J connectivity index is 1.14. The second-order valence-electron chi connectivity index (χ2n) is 11.8. The van der Waals surface area contributed by atoms with Crippen LogP contribution in [0.4, 0.5) is 14.6 Å². The number of nitrogens with zero attached hydrogens (tertiary/aromatic N) is 7. The molecule has 2 aliphatic rings. The summed E-state index contributed by atoms with van der Waals surface area (Å²) in [7, 11) is 1.96. The third-order valence-electron chi connectivity index (χ3n) is 8.90. The van der Waals surface area contributed by atoms with Crippen molar-refractivity contribution in [3.8, 4) is 16.9 Å². The maximum atomic E-state index is 14.5. The molecule has 12 heteroatoms. The number of anilines is 1. The average Bonchev–Trinajstić information content (AvgIpc) is 3.75. The van der Waals surface area contributed by atoms with Crippen LogP contribution in [0.15, 0.2) is 73.2 Å². The molecule has 0 aliphatic carbocycles. The van der Waals surface area contributed by atoms with Crippen LogP contribution in [-0.2, 0) is 24.8 Å². The lowest BCUT2D eigenvalue weighted by Crippen LogP contribution is -2.44. The summed E-state index contributed by atoms with van der Waals surface area (Å²) >= 11 is 0. The van der Waals surface area contributed by atoms with Gasteiger partial charge in [-0.05, 0) is 48.2 Å². The predicted molar refractivity (Wildman–Crippen MR) is 168 cm³/mol. The van der Waals surface area contributed by atoms with Crippen LogP contribution in [0.1, 0.15) is 24.1 Å². The van der Waals surface area contributed by atoms with Gasteiger partial charge in [0, 0.05) is 42.7 Å². The number of halogens is 2. The van der Waals surface area contributed by atoms with E-state index >= 15 is 0 Å². The highest BCUT2D eigenvalue weighted by molar-refractivity contribution is 5.97. The molecule has 1 saturated heterocycles. The lowest BCUT2D eigenvalue weighted by Gasteiger charge is -2.25. The maximum Gasteiger partial charge on any atom is 0.242 e. The Morgan fingerprint density at radius 1 is 1.07 bits per heavy atom. The summed E-state index contributed by atoms with van der Waals surface area (Å²) in [6, 6.07) is 17.1. The van der Waals surface area contributed by atoms with E-state index < -0.39 is 17.7 Å². The molecule has 1 amide bonds. The van der Waals surface area contributed by atoms with Gasteiger partial charge < -0.3 is 15.0 Å². The zero-order chi connectivity index (χ0) is 31.4. The van der Waals surface area contributed by atoms with E-state index in [1.54, 1.807) is 10.9 Å². The highest BCUT2D eigenvalue weighted by atomic mass is 19.1. The number of ether oxygens (including phenoxy) is 1. The summed E-state index contributed by atoms with van der Waals surface area (Å²) in [6.45, 7) is 0.969. The quantitative estimate of drug-likeness (QED) is 0.303. The number of benzene rings is 3. The first kappa shape index (κ1) is 28.1. The highest BCUT2D eigenvalue weighted by Gasteiger charge is 2.40. The van der Waals surface area contributed by atoms with Gasteiger partial charge in [-0.25, -0.2) is 23.4 Å². The first-order valence-corrected chi connectivity index (χ1v) is 15.3. The molecule has 1 fully saturated rings. The molecular weight excluding hydrogens is 590 g/mol. The van der Waals surface area contributed by atoms with Gasteiger partial charge in [-0.1, -0.05) is 30.3 Å². The van der Waals surface area contributed by atoms with E-state index in [2.05, 4.69) is 32.5 Å². The summed E-state index contributed by atoms with van der Waals surface area (Å²) in [6.07, 6.45) is 4.69. The Morgan fingerprint density at radius 3 is 2.85 bits per heavy atom. The van der Waals surface area contributed by atoms with Crippen LogP contribution in [0, 0.1) is 11.6 Å². The Labute approximate surface area is 262 Å². The molecule has 232 valence electrons. The van der Waals surface area contributed by atoms with Crippen LogP contribution in [-0.4, -0.2) is 60.7 Å². The number of aryl methyl sites for hydroxylation is 2. The fourth-order valence-corrected chi connectivity index (χ4v) is 6.75.